The zero-order valence-corrected chi connectivity index (χ0v) is 23.2. The molecule has 0 unspecified atom stereocenters. The SMILES string of the molecule is COc1cc(C2C3=C(CCCC3=O)N(CCC(=O)O)C3=C2C(=O)CCC3)cc(Br)c1OCc1cccc(F)c1. The summed E-state index contributed by atoms with van der Waals surface area (Å²) in [5, 5.41) is 9.37. The first-order valence-corrected chi connectivity index (χ1v) is 13.8. The predicted molar refractivity (Wildman–Crippen MR) is 145 cm³/mol. The zero-order chi connectivity index (χ0) is 27.7. The highest BCUT2D eigenvalue weighted by Gasteiger charge is 2.43. The van der Waals surface area contributed by atoms with E-state index in [1.165, 1.54) is 19.2 Å². The molecule has 1 N–H and O–H groups in total. The molecule has 2 aliphatic carbocycles. The van der Waals surface area contributed by atoms with Gasteiger partial charge in [0.15, 0.2) is 23.1 Å². The molecule has 0 radical (unpaired) electrons. The average Bonchev–Trinajstić information content (AvgIpc) is 2.90. The molecule has 0 bridgehead atoms. The molecule has 0 atom stereocenters. The van der Waals surface area contributed by atoms with Crippen molar-refractivity contribution in [2.75, 3.05) is 13.7 Å². The number of hydrogen-bond donors (Lipinski definition) is 1. The topological polar surface area (TPSA) is 93.1 Å². The van der Waals surface area contributed by atoms with E-state index < -0.39 is 11.9 Å². The van der Waals surface area contributed by atoms with Gasteiger partial charge in [0.05, 0.1) is 18.0 Å². The van der Waals surface area contributed by atoms with E-state index in [9.17, 15) is 23.9 Å². The lowest BCUT2D eigenvalue weighted by Gasteiger charge is -2.44. The van der Waals surface area contributed by atoms with Gasteiger partial charge in [-0.1, -0.05) is 12.1 Å². The minimum absolute atomic E-state index is 0.0204. The second kappa shape index (κ2) is 11.3. The Kier molecular flexibility index (Phi) is 7.88. The van der Waals surface area contributed by atoms with Crippen molar-refractivity contribution in [3.63, 3.8) is 0 Å². The fraction of sp³-hybridized carbons (Fsp3) is 0.367. The molecule has 0 saturated carbocycles. The molecule has 0 fully saturated rings. The highest BCUT2D eigenvalue weighted by molar-refractivity contribution is 9.10. The van der Waals surface area contributed by atoms with Crippen LogP contribution in [0, 0.1) is 5.82 Å². The van der Waals surface area contributed by atoms with E-state index in [-0.39, 0.29) is 37.0 Å². The summed E-state index contributed by atoms with van der Waals surface area (Å²) in [6.45, 7) is 0.343. The first kappa shape index (κ1) is 27.1. The number of carbonyl (C=O) groups is 3. The maximum absolute atomic E-state index is 13.6. The van der Waals surface area contributed by atoms with Gasteiger partial charge >= 0.3 is 5.97 Å². The zero-order valence-electron chi connectivity index (χ0n) is 21.6. The Bertz CT molecular complexity index is 1370. The number of methoxy groups -OCH3 is 1. The van der Waals surface area contributed by atoms with Crippen LogP contribution in [0.1, 0.15) is 62.0 Å². The summed E-state index contributed by atoms with van der Waals surface area (Å²) in [7, 11) is 1.52. The largest absolute Gasteiger partial charge is 0.493 e. The predicted octanol–water partition coefficient (Wildman–Crippen LogP) is 6.06. The van der Waals surface area contributed by atoms with Gasteiger partial charge in [-0.15, -0.1) is 0 Å². The second-order valence-electron chi connectivity index (χ2n) is 9.96. The van der Waals surface area contributed by atoms with Gasteiger partial charge in [-0.05, 0) is 77.0 Å². The fourth-order valence-electron chi connectivity index (χ4n) is 5.86. The summed E-state index contributed by atoms with van der Waals surface area (Å²) in [6.07, 6.45) is 3.34. The number of ether oxygens (including phenoxy) is 2. The van der Waals surface area contributed by atoms with Crippen LogP contribution in [-0.4, -0.2) is 41.2 Å². The van der Waals surface area contributed by atoms with Gasteiger partial charge < -0.3 is 19.5 Å². The molecule has 0 spiro atoms. The third-order valence-electron chi connectivity index (χ3n) is 7.49. The van der Waals surface area contributed by atoms with Crippen LogP contribution in [0.3, 0.4) is 0 Å². The number of aliphatic carboxylic acids is 1. The van der Waals surface area contributed by atoms with Crippen molar-refractivity contribution in [1.82, 2.24) is 4.90 Å². The van der Waals surface area contributed by atoms with E-state index >= 15 is 0 Å². The number of carboxylic acids is 1. The molecule has 5 rings (SSSR count). The van der Waals surface area contributed by atoms with Crippen molar-refractivity contribution in [3.05, 3.63) is 80.4 Å². The van der Waals surface area contributed by atoms with Crippen LogP contribution in [0.2, 0.25) is 0 Å². The number of hydrogen-bond acceptors (Lipinski definition) is 6. The molecule has 2 aromatic rings. The maximum Gasteiger partial charge on any atom is 0.305 e. The number of carboxylic acid groups (broad SMARTS) is 1. The lowest BCUT2D eigenvalue weighted by molar-refractivity contribution is -0.137. The minimum Gasteiger partial charge on any atom is -0.493 e. The van der Waals surface area contributed by atoms with Gasteiger partial charge in [-0.25, -0.2) is 4.39 Å². The van der Waals surface area contributed by atoms with Crippen molar-refractivity contribution in [2.24, 2.45) is 0 Å². The number of halogens is 2. The van der Waals surface area contributed by atoms with Crippen molar-refractivity contribution < 1.29 is 33.4 Å². The monoisotopic (exact) mass is 597 g/mol. The molecular weight excluding hydrogens is 569 g/mol. The van der Waals surface area contributed by atoms with Gasteiger partial charge in [-0.3, -0.25) is 14.4 Å². The number of benzene rings is 2. The second-order valence-corrected chi connectivity index (χ2v) is 10.8. The van der Waals surface area contributed by atoms with E-state index in [0.29, 0.717) is 71.2 Å². The van der Waals surface area contributed by atoms with Crippen LogP contribution >= 0.6 is 15.9 Å². The van der Waals surface area contributed by atoms with Gasteiger partial charge in [0.2, 0.25) is 0 Å². The van der Waals surface area contributed by atoms with Crippen LogP contribution in [-0.2, 0) is 21.0 Å². The summed E-state index contributed by atoms with van der Waals surface area (Å²) >= 11 is 3.60. The molecule has 0 amide bonds. The molecule has 7 nitrogen and oxygen atoms in total. The van der Waals surface area contributed by atoms with Crippen LogP contribution in [0.15, 0.2) is 63.4 Å². The normalized spacial score (nSPS) is 17.8. The number of ketones is 2. The maximum atomic E-state index is 13.6. The van der Waals surface area contributed by atoms with Crippen LogP contribution in [0.25, 0.3) is 0 Å². The van der Waals surface area contributed by atoms with Crippen molar-refractivity contribution >= 4 is 33.5 Å². The van der Waals surface area contributed by atoms with Gasteiger partial charge in [-0.2, -0.15) is 0 Å². The summed E-state index contributed by atoms with van der Waals surface area (Å²) in [6, 6.07) is 9.79. The van der Waals surface area contributed by atoms with E-state index in [2.05, 4.69) is 15.9 Å². The molecule has 1 aliphatic heterocycles. The number of nitrogens with zero attached hydrogens (tertiary/aromatic N) is 1. The Labute approximate surface area is 234 Å². The quantitative estimate of drug-likeness (QED) is 0.395. The smallest absolute Gasteiger partial charge is 0.305 e. The molecule has 0 aromatic heterocycles. The number of Topliss-reactive ketones (excluding diaryl/α,β-unsaturated/α-hetero) is 2. The van der Waals surface area contributed by atoms with Crippen molar-refractivity contribution in [2.45, 2.75) is 57.5 Å². The molecule has 1 heterocycles. The van der Waals surface area contributed by atoms with Crippen molar-refractivity contribution in [3.8, 4) is 11.5 Å². The molecule has 9 heteroatoms. The first-order chi connectivity index (χ1) is 18.8. The summed E-state index contributed by atoms with van der Waals surface area (Å²) in [4.78, 5) is 40.2. The molecule has 3 aliphatic rings. The van der Waals surface area contributed by atoms with E-state index in [1.807, 2.05) is 11.0 Å². The van der Waals surface area contributed by atoms with E-state index in [0.717, 1.165) is 17.0 Å². The van der Waals surface area contributed by atoms with Crippen LogP contribution < -0.4 is 9.47 Å². The third kappa shape index (κ3) is 5.37. The van der Waals surface area contributed by atoms with Gasteiger partial charge in [0.25, 0.3) is 0 Å². The molecule has 2 aromatic carbocycles. The van der Waals surface area contributed by atoms with Crippen LogP contribution in [0.4, 0.5) is 4.39 Å². The Hall–Kier alpha value is -3.46. The van der Waals surface area contributed by atoms with Gasteiger partial charge in [0, 0.05) is 47.8 Å². The number of rotatable bonds is 8. The summed E-state index contributed by atoms with van der Waals surface area (Å²) in [5.41, 5.74) is 4.18. The number of carbonyl (C=O) groups excluding carboxylic acids is 2. The highest BCUT2D eigenvalue weighted by Crippen LogP contribution is 2.51. The lowest BCUT2D eigenvalue weighted by atomic mass is 9.71. The van der Waals surface area contributed by atoms with E-state index in [4.69, 9.17) is 9.47 Å². The number of allylic oxidation sites excluding steroid dienone is 4. The fourth-order valence-corrected chi connectivity index (χ4v) is 6.43. The Balaban J connectivity index is 1.59. The molecule has 204 valence electrons. The third-order valence-corrected chi connectivity index (χ3v) is 8.08. The summed E-state index contributed by atoms with van der Waals surface area (Å²) in [5.74, 6) is -1.04. The highest BCUT2D eigenvalue weighted by atomic mass is 79.9. The molecular formula is C30H29BrFNO6. The minimum atomic E-state index is -0.923. The molecule has 39 heavy (non-hydrogen) atoms. The van der Waals surface area contributed by atoms with Crippen molar-refractivity contribution in [1.29, 1.82) is 0 Å². The Morgan fingerprint density at radius 2 is 1.72 bits per heavy atom. The first-order valence-electron chi connectivity index (χ1n) is 13.0. The Morgan fingerprint density at radius 1 is 1.05 bits per heavy atom. The van der Waals surface area contributed by atoms with Crippen LogP contribution in [0.5, 0.6) is 11.5 Å². The Morgan fingerprint density at radius 3 is 2.31 bits per heavy atom. The van der Waals surface area contributed by atoms with E-state index in [1.54, 1.807) is 18.2 Å². The summed E-state index contributed by atoms with van der Waals surface area (Å²) < 4.78 is 25.9. The van der Waals surface area contributed by atoms with Gasteiger partial charge in [0.1, 0.15) is 12.4 Å². The lowest BCUT2D eigenvalue weighted by Crippen LogP contribution is -2.39. The molecule has 0 saturated heterocycles. The standard InChI is InChI=1S/C30H29BrFNO6/c1-38-25-15-18(14-20(31)30(25)39-16-17-5-2-6-19(32)13-17)27-28-21(7-3-9-23(28)34)33(12-11-26(36)37)22-8-4-10-24(35)29(22)27/h2,5-6,13-15,27H,3-4,7-12,16H2,1H3,(H,36,37). The average molecular weight is 598 g/mol.